The van der Waals surface area contributed by atoms with E-state index in [1.54, 1.807) is 0 Å². The van der Waals surface area contributed by atoms with Crippen LogP contribution in [0, 0.1) is 10.1 Å². The van der Waals surface area contributed by atoms with Crippen LogP contribution in [0.3, 0.4) is 0 Å². The van der Waals surface area contributed by atoms with Crippen LogP contribution in [0.15, 0.2) is 20.9 Å². The lowest BCUT2D eigenvalue weighted by molar-refractivity contribution is -0.387. The number of carbonyl (C=O) groups is 1. The van der Waals surface area contributed by atoms with Crippen LogP contribution in [0.2, 0.25) is 0 Å². The van der Waals surface area contributed by atoms with Crippen molar-refractivity contribution in [1.82, 2.24) is 19.1 Å². The van der Waals surface area contributed by atoms with Gasteiger partial charge in [0.05, 0.1) is 12.0 Å². The average Bonchev–Trinajstić information content (AvgIpc) is 2.61. The molecule has 1 amide bonds. The zero-order valence-corrected chi connectivity index (χ0v) is 15.7. The molecule has 0 unspecified atom stereocenters. The fraction of sp³-hybridized carbons (Fsp3) is 0.357. The number of nitrogens with one attached hydrogen (secondary N) is 1. The zero-order valence-electron chi connectivity index (χ0n) is 14.9. The molecule has 12 nitrogen and oxygen atoms in total. The number of carbonyl (C=O) groups excluding carboxylic acids is 1. The normalized spacial score (nSPS) is 10.5. The van der Waals surface area contributed by atoms with E-state index in [9.17, 15) is 24.5 Å². The molecule has 2 rings (SSSR count). The molecular weight excluding hydrogens is 380 g/mol. The van der Waals surface area contributed by atoms with Crippen LogP contribution >= 0.6 is 11.8 Å². The Morgan fingerprint density at radius 2 is 2.00 bits per heavy atom. The van der Waals surface area contributed by atoms with E-state index in [2.05, 4.69) is 15.3 Å². The van der Waals surface area contributed by atoms with Gasteiger partial charge in [-0.15, -0.1) is 0 Å². The molecule has 2 aromatic heterocycles. The zero-order chi connectivity index (χ0) is 20.3. The molecule has 144 valence electrons. The first-order chi connectivity index (χ1) is 12.7. The van der Waals surface area contributed by atoms with Gasteiger partial charge < -0.3 is 10.1 Å². The van der Waals surface area contributed by atoms with Crippen LogP contribution in [-0.2, 0) is 24.6 Å². The van der Waals surface area contributed by atoms with Crippen LogP contribution in [0.1, 0.15) is 12.6 Å². The number of methoxy groups -OCH3 is 1. The molecule has 27 heavy (non-hydrogen) atoms. The number of hydrogen-bond donors (Lipinski definition) is 1. The Hall–Kier alpha value is -3.22. The predicted molar refractivity (Wildman–Crippen MR) is 96.0 cm³/mol. The Bertz CT molecular complexity index is 1030. The number of anilines is 1. The number of thioether (sulfide) groups is 1. The summed E-state index contributed by atoms with van der Waals surface area (Å²) in [5.74, 6) is -0.405. The van der Waals surface area contributed by atoms with Crippen molar-refractivity contribution in [3.05, 3.63) is 43.0 Å². The standard InChI is InChI=1S/C14H16N6O6S/c1-7(21)17-9-11(26-4)15-6-16-12(9)27-5-8-10(20(24)25)13(22)19(3)14(23)18(8)2/h6H,5H2,1-4H3,(H,17,21). The lowest BCUT2D eigenvalue weighted by Gasteiger charge is -2.13. The van der Waals surface area contributed by atoms with Gasteiger partial charge in [0.25, 0.3) is 0 Å². The molecule has 2 heterocycles. The van der Waals surface area contributed by atoms with Crippen molar-refractivity contribution in [3.8, 4) is 5.88 Å². The second-order valence-corrected chi connectivity index (χ2v) is 6.26. The van der Waals surface area contributed by atoms with Crippen molar-refractivity contribution in [2.45, 2.75) is 17.7 Å². The Morgan fingerprint density at radius 3 is 2.56 bits per heavy atom. The molecule has 0 saturated carbocycles. The fourth-order valence-corrected chi connectivity index (χ4v) is 3.26. The van der Waals surface area contributed by atoms with E-state index in [0.29, 0.717) is 4.57 Å². The first-order valence-corrected chi connectivity index (χ1v) is 8.40. The minimum Gasteiger partial charge on any atom is -0.479 e. The first-order valence-electron chi connectivity index (χ1n) is 7.41. The molecule has 0 radical (unpaired) electrons. The minimum absolute atomic E-state index is 0.0792. The van der Waals surface area contributed by atoms with E-state index in [1.165, 1.54) is 34.5 Å². The van der Waals surface area contributed by atoms with Crippen molar-refractivity contribution in [2.75, 3.05) is 12.4 Å². The Balaban J connectivity index is 2.52. The van der Waals surface area contributed by atoms with Gasteiger partial charge in [0, 0.05) is 26.8 Å². The summed E-state index contributed by atoms with van der Waals surface area (Å²) in [5, 5.41) is 14.1. The average molecular weight is 396 g/mol. The van der Waals surface area contributed by atoms with E-state index in [0.717, 1.165) is 16.3 Å². The highest BCUT2D eigenvalue weighted by Gasteiger charge is 2.26. The van der Waals surface area contributed by atoms with Crippen LogP contribution in [0.25, 0.3) is 0 Å². The molecule has 0 aliphatic heterocycles. The highest BCUT2D eigenvalue weighted by Crippen LogP contribution is 2.34. The SMILES string of the molecule is COc1ncnc(SCc2c([N+](=O)[O-])c(=O)n(C)c(=O)n2C)c1NC(C)=O. The summed E-state index contributed by atoms with van der Waals surface area (Å²) < 4.78 is 6.78. The van der Waals surface area contributed by atoms with Crippen molar-refractivity contribution >= 4 is 29.0 Å². The summed E-state index contributed by atoms with van der Waals surface area (Å²) in [4.78, 5) is 54.1. The van der Waals surface area contributed by atoms with Gasteiger partial charge in [0.15, 0.2) is 0 Å². The van der Waals surface area contributed by atoms with Crippen molar-refractivity contribution in [3.63, 3.8) is 0 Å². The molecule has 0 aromatic carbocycles. The smallest absolute Gasteiger partial charge is 0.354 e. The molecule has 0 aliphatic carbocycles. The molecule has 13 heteroatoms. The summed E-state index contributed by atoms with van der Waals surface area (Å²) in [6.45, 7) is 1.29. The molecule has 2 aromatic rings. The Kier molecular flexibility index (Phi) is 5.95. The third-order valence-electron chi connectivity index (χ3n) is 3.56. The monoisotopic (exact) mass is 396 g/mol. The van der Waals surface area contributed by atoms with Gasteiger partial charge in [0.2, 0.25) is 11.8 Å². The van der Waals surface area contributed by atoms with Crippen LogP contribution in [0.4, 0.5) is 11.4 Å². The second-order valence-electron chi connectivity index (χ2n) is 5.29. The van der Waals surface area contributed by atoms with E-state index in [1.807, 2.05) is 0 Å². The van der Waals surface area contributed by atoms with Gasteiger partial charge in [-0.3, -0.25) is 28.8 Å². The van der Waals surface area contributed by atoms with Gasteiger partial charge in [-0.1, -0.05) is 11.8 Å². The number of ether oxygens (including phenoxy) is 1. The van der Waals surface area contributed by atoms with Crippen molar-refractivity contribution in [2.24, 2.45) is 14.1 Å². The lowest BCUT2D eigenvalue weighted by Crippen LogP contribution is -2.39. The molecule has 0 spiro atoms. The maximum absolute atomic E-state index is 12.1. The van der Waals surface area contributed by atoms with Crippen LogP contribution in [0.5, 0.6) is 5.88 Å². The van der Waals surface area contributed by atoms with Gasteiger partial charge in [-0.05, 0) is 0 Å². The fourth-order valence-electron chi connectivity index (χ4n) is 2.26. The molecule has 0 fully saturated rings. The number of nitro groups is 1. The lowest BCUT2D eigenvalue weighted by atomic mass is 10.3. The minimum atomic E-state index is -0.999. The summed E-state index contributed by atoms with van der Waals surface area (Å²) in [6.07, 6.45) is 1.20. The van der Waals surface area contributed by atoms with Crippen molar-refractivity contribution in [1.29, 1.82) is 0 Å². The molecule has 0 aliphatic rings. The van der Waals surface area contributed by atoms with Gasteiger partial charge in [0.1, 0.15) is 22.7 Å². The second kappa shape index (κ2) is 7.99. The third-order valence-corrected chi connectivity index (χ3v) is 4.56. The highest BCUT2D eigenvalue weighted by atomic mass is 32.2. The third kappa shape index (κ3) is 3.97. The number of amides is 1. The summed E-state index contributed by atoms with van der Waals surface area (Å²) >= 11 is 0.983. The number of rotatable bonds is 6. The van der Waals surface area contributed by atoms with Crippen LogP contribution < -0.4 is 21.3 Å². The number of hydrogen-bond acceptors (Lipinski definition) is 9. The van der Waals surface area contributed by atoms with E-state index >= 15 is 0 Å². The molecule has 0 bridgehead atoms. The molecule has 0 saturated heterocycles. The van der Waals surface area contributed by atoms with Crippen molar-refractivity contribution < 1.29 is 14.5 Å². The summed E-state index contributed by atoms with van der Waals surface area (Å²) in [5.41, 5.74) is -2.28. The molecule has 1 N–H and O–H groups in total. The quantitative estimate of drug-likeness (QED) is 0.309. The first kappa shape index (κ1) is 20.1. The summed E-state index contributed by atoms with van der Waals surface area (Å²) in [7, 11) is 3.86. The maximum Gasteiger partial charge on any atom is 0.354 e. The van der Waals surface area contributed by atoms with Gasteiger partial charge in [-0.2, -0.15) is 4.98 Å². The van der Waals surface area contributed by atoms with Gasteiger partial charge >= 0.3 is 16.9 Å². The van der Waals surface area contributed by atoms with Crippen LogP contribution in [-0.4, -0.2) is 37.0 Å². The molecular formula is C14H16N6O6S. The topological polar surface area (TPSA) is 151 Å². The summed E-state index contributed by atoms with van der Waals surface area (Å²) in [6, 6.07) is 0. The van der Waals surface area contributed by atoms with E-state index in [-0.39, 0.29) is 28.0 Å². The highest BCUT2D eigenvalue weighted by molar-refractivity contribution is 7.98. The van der Waals surface area contributed by atoms with E-state index in [4.69, 9.17) is 4.74 Å². The Labute approximate surface area is 156 Å². The molecule has 0 atom stereocenters. The number of nitrogens with zero attached hydrogens (tertiary/aromatic N) is 5. The Morgan fingerprint density at radius 1 is 1.33 bits per heavy atom. The maximum atomic E-state index is 12.1. The predicted octanol–water partition coefficient (Wildman–Crippen LogP) is 0.0415. The van der Waals surface area contributed by atoms with E-state index < -0.39 is 27.8 Å². The largest absolute Gasteiger partial charge is 0.479 e. The number of aromatic nitrogens is 4. The van der Waals surface area contributed by atoms with Gasteiger partial charge in [-0.25, -0.2) is 9.78 Å².